The molecule has 0 aliphatic carbocycles. The minimum Gasteiger partial charge on any atom is -0.870 e. The fraction of sp³-hybridized carbons (Fsp3) is 1.00. The fourth-order valence-electron chi connectivity index (χ4n) is 0. The van der Waals surface area contributed by atoms with Crippen molar-refractivity contribution in [3.05, 3.63) is 0 Å². The van der Waals surface area contributed by atoms with Crippen LogP contribution in [0.25, 0.3) is 0 Å². The van der Waals surface area contributed by atoms with Crippen molar-refractivity contribution in [1.82, 2.24) is 0 Å². The molecule has 0 amide bonds. The molecule has 0 fully saturated rings. The van der Waals surface area contributed by atoms with Gasteiger partial charge in [-0.2, -0.15) is 0 Å². The van der Waals surface area contributed by atoms with Crippen LogP contribution >= 0.6 is 0 Å². The van der Waals surface area contributed by atoms with Gasteiger partial charge in [-0.3, -0.25) is 5.73 Å². The lowest BCUT2D eigenvalue weighted by Crippen LogP contribution is -3.02. The molecule has 0 aliphatic rings. The summed E-state index contributed by atoms with van der Waals surface area (Å²) in [6.45, 7) is 0. The maximum Gasteiger partial charge on any atom is 0.556 e. The maximum absolute atomic E-state index is 10.2. The summed E-state index contributed by atoms with van der Waals surface area (Å²) in [5, 5.41) is 0. The van der Waals surface area contributed by atoms with E-state index in [2.05, 4.69) is 21.1 Å². The third-order valence-electron chi connectivity index (χ3n) is 0. The second-order valence-electron chi connectivity index (χ2n) is 2.12. The molecule has 0 radical (unpaired) electrons. The summed E-state index contributed by atoms with van der Waals surface area (Å²) in [6.07, 6.45) is -4.25. The SMILES string of the molecule is C[NH+](C)C.[NH3+]C(F)(F)F.[OH-].[OH-]. The molecule has 0 spiro atoms. The summed E-state index contributed by atoms with van der Waals surface area (Å²) < 4.78 is 30.7. The minimum absolute atomic E-state index is 0. The van der Waals surface area contributed by atoms with Gasteiger partial charge in [-0.05, 0) is 0 Å². The van der Waals surface area contributed by atoms with Crippen LogP contribution in [0.3, 0.4) is 0 Å². The van der Waals surface area contributed by atoms with Crippen LogP contribution in [0.15, 0.2) is 0 Å². The first kappa shape index (κ1) is 22.4. The number of hydrogen-bond acceptors (Lipinski definition) is 2. The molecule has 11 heavy (non-hydrogen) atoms. The third-order valence-corrected chi connectivity index (χ3v) is 0. The van der Waals surface area contributed by atoms with Gasteiger partial charge in [0.15, 0.2) is 0 Å². The molecule has 0 aliphatic heterocycles. The van der Waals surface area contributed by atoms with Gasteiger partial charge in [-0.1, -0.05) is 0 Å². The molecule has 0 atom stereocenters. The van der Waals surface area contributed by atoms with Crippen LogP contribution < -0.4 is 10.6 Å². The van der Waals surface area contributed by atoms with Crippen LogP contribution in [0, 0.1) is 0 Å². The van der Waals surface area contributed by atoms with E-state index in [1.165, 1.54) is 4.90 Å². The molecule has 4 nitrogen and oxygen atoms in total. The molecule has 74 valence electrons. The Bertz CT molecular complexity index is 58.1. The summed E-state index contributed by atoms with van der Waals surface area (Å²) in [5.74, 6) is 0. The summed E-state index contributed by atoms with van der Waals surface area (Å²) in [4.78, 5) is 1.42. The Labute approximate surface area is 63.4 Å². The maximum atomic E-state index is 10.2. The van der Waals surface area contributed by atoms with Gasteiger partial charge < -0.3 is 15.9 Å². The third kappa shape index (κ3) is 4100. The predicted octanol–water partition coefficient (Wildman–Crippen LogP) is -1.84. The number of alkyl halides is 3. The van der Waals surface area contributed by atoms with Crippen LogP contribution in [0.2, 0.25) is 0 Å². The van der Waals surface area contributed by atoms with Crippen molar-refractivity contribution >= 4 is 0 Å². The minimum atomic E-state index is -4.25. The standard InChI is InChI=1S/C3H9N.CH2F3N.2H2O/c1-4(2)3;2-1(3,4)5;;/h1-3H3;5H2;2*1H2. The zero-order valence-electron chi connectivity index (χ0n) is 6.74. The van der Waals surface area contributed by atoms with E-state index in [4.69, 9.17) is 0 Å². The first-order valence-corrected chi connectivity index (χ1v) is 2.42. The van der Waals surface area contributed by atoms with Gasteiger partial charge in [0, 0.05) is 0 Å². The zero-order chi connectivity index (χ0) is 8.08. The Balaban J connectivity index is -0.0000000383. The largest absolute Gasteiger partial charge is 0.870 e. The molecule has 6 N–H and O–H groups in total. The van der Waals surface area contributed by atoms with Gasteiger partial charge in [-0.25, -0.2) is 0 Å². The molecule has 0 saturated carbocycles. The Hall–Kier alpha value is -0.370. The fourth-order valence-corrected chi connectivity index (χ4v) is 0. The van der Waals surface area contributed by atoms with Gasteiger partial charge >= 0.3 is 6.30 Å². The van der Waals surface area contributed by atoms with Gasteiger partial charge in [-0.15, -0.1) is 13.2 Å². The van der Waals surface area contributed by atoms with Crippen molar-refractivity contribution in [2.45, 2.75) is 6.30 Å². The lowest BCUT2D eigenvalue weighted by atomic mass is 11.0. The van der Waals surface area contributed by atoms with Crippen molar-refractivity contribution in [3.8, 4) is 0 Å². The van der Waals surface area contributed by atoms with Crippen LogP contribution in [-0.4, -0.2) is 38.4 Å². The van der Waals surface area contributed by atoms with Gasteiger partial charge in [0.25, 0.3) is 0 Å². The molecule has 0 unspecified atom stereocenters. The van der Waals surface area contributed by atoms with E-state index in [0.717, 1.165) is 0 Å². The average Bonchev–Trinajstić information content (AvgIpc) is 1.19. The Morgan fingerprint density at radius 1 is 1.00 bits per heavy atom. The lowest BCUT2D eigenvalue weighted by molar-refractivity contribution is -0.836. The van der Waals surface area contributed by atoms with E-state index in [1.807, 2.05) is 0 Å². The predicted molar refractivity (Wildman–Crippen MR) is 31.5 cm³/mol. The molecule has 7 heteroatoms. The zero-order valence-corrected chi connectivity index (χ0v) is 6.74. The summed E-state index contributed by atoms with van der Waals surface area (Å²) >= 11 is 0. The van der Waals surface area contributed by atoms with E-state index in [1.54, 1.807) is 5.73 Å². The van der Waals surface area contributed by atoms with E-state index in [0.29, 0.717) is 0 Å². The topological polar surface area (TPSA) is 92.1 Å². The first-order chi connectivity index (χ1) is 3.73. The first-order valence-electron chi connectivity index (χ1n) is 2.42. The second kappa shape index (κ2) is 9.63. The number of rotatable bonds is 0. The van der Waals surface area contributed by atoms with Crippen LogP contribution in [0.1, 0.15) is 0 Å². The molecular formula is C4H15F3N2O2. The highest BCUT2D eigenvalue weighted by Crippen LogP contribution is 1.98. The van der Waals surface area contributed by atoms with E-state index >= 15 is 0 Å². The van der Waals surface area contributed by atoms with Gasteiger partial charge in [0.1, 0.15) is 0 Å². The Kier molecular flexibility index (Phi) is 19.6. The normalized spacial score (nSPS) is 8.73. The van der Waals surface area contributed by atoms with Crippen LogP contribution in [0.5, 0.6) is 0 Å². The smallest absolute Gasteiger partial charge is 0.556 e. The van der Waals surface area contributed by atoms with Gasteiger partial charge in [0.05, 0.1) is 21.1 Å². The molecular weight excluding hydrogens is 165 g/mol. The lowest BCUT2D eigenvalue weighted by Gasteiger charge is -1.88. The number of hydrogen-bond donors (Lipinski definition) is 2. The summed E-state index contributed by atoms with van der Waals surface area (Å²) in [7, 11) is 6.25. The van der Waals surface area contributed by atoms with E-state index in [9.17, 15) is 13.2 Å². The summed E-state index contributed by atoms with van der Waals surface area (Å²) in [6, 6.07) is 0. The van der Waals surface area contributed by atoms with Crippen molar-refractivity contribution in [2.24, 2.45) is 0 Å². The van der Waals surface area contributed by atoms with E-state index < -0.39 is 6.30 Å². The number of halogens is 3. The highest BCUT2D eigenvalue weighted by atomic mass is 19.4. The number of quaternary nitrogens is 2. The molecule has 0 rings (SSSR count). The Morgan fingerprint density at radius 2 is 1.00 bits per heavy atom. The highest BCUT2D eigenvalue weighted by Gasteiger charge is 2.23. The average molecular weight is 180 g/mol. The molecule has 0 aromatic heterocycles. The molecule has 0 bridgehead atoms. The van der Waals surface area contributed by atoms with Crippen molar-refractivity contribution in [3.63, 3.8) is 0 Å². The van der Waals surface area contributed by atoms with Crippen molar-refractivity contribution in [1.29, 1.82) is 0 Å². The summed E-state index contributed by atoms with van der Waals surface area (Å²) in [5.41, 5.74) is 1.77. The highest BCUT2D eigenvalue weighted by molar-refractivity contribution is 4.01. The van der Waals surface area contributed by atoms with Crippen molar-refractivity contribution in [2.75, 3.05) is 21.1 Å². The molecule has 0 aromatic carbocycles. The van der Waals surface area contributed by atoms with Crippen LogP contribution in [-0.2, 0) is 0 Å². The quantitative estimate of drug-likeness (QED) is 0.428. The van der Waals surface area contributed by atoms with Crippen LogP contribution in [0.4, 0.5) is 13.2 Å². The molecule has 0 heterocycles. The monoisotopic (exact) mass is 180 g/mol. The molecule has 0 aromatic rings. The second-order valence-corrected chi connectivity index (χ2v) is 2.12. The van der Waals surface area contributed by atoms with E-state index in [-0.39, 0.29) is 11.0 Å². The van der Waals surface area contributed by atoms with Crippen molar-refractivity contribution < 1.29 is 34.8 Å². The Morgan fingerprint density at radius 3 is 1.00 bits per heavy atom. The number of nitrogens with one attached hydrogen (secondary N) is 1. The molecule has 0 saturated heterocycles. The van der Waals surface area contributed by atoms with Gasteiger partial charge in [0.2, 0.25) is 0 Å².